The Morgan fingerprint density at radius 1 is 1.30 bits per heavy atom. The van der Waals surface area contributed by atoms with E-state index in [4.69, 9.17) is 4.74 Å². The maximum absolute atomic E-state index is 12.3. The van der Waals surface area contributed by atoms with Gasteiger partial charge in [-0.05, 0) is 30.7 Å². The van der Waals surface area contributed by atoms with Crippen molar-refractivity contribution in [3.05, 3.63) is 58.6 Å². The molecule has 0 fully saturated rings. The number of benzene rings is 2. The molecular weight excluding hydrogens is 394 g/mol. The van der Waals surface area contributed by atoms with Crippen LogP contribution < -0.4 is 0 Å². The third-order valence-electron chi connectivity index (χ3n) is 3.15. The largest absolute Gasteiger partial charge is 0.465 e. The molecule has 118 valence electrons. The van der Waals surface area contributed by atoms with Crippen molar-refractivity contribution < 1.29 is 9.53 Å². The Morgan fingerprint density at radius 3 is 2.83 bits per heavy atom. The van der Waals surface area contributed by atoms with Crippen LogP contribution in [0.3, 0.4) is 0 Å². The third kappa shape index (κ3) is 3.94. The molecule has 3 nitrogen and oxygen atoms in total. The van der Waals surface area contributed by atoms with Crippen LogP contribution in [-0.2, 0) is 9.53 Å². The number of halogens is 1. The summed E-state index contributed by atoms with van der Waals surface area (Å²) in [5.74, 6) is -0.232. The quantitative estimate of drug-likeness (QED) is 0.415. The summed E-state index contributed by atoms with van der Waals surface area (Å²) >= 11 is 6.48. The van der Waals surface area contributed by atoms with Gasteiger partial charge in [0, 0.05) is 4.47 Å². The summed E-state index contributed by atoms with van der Waals surface area (Å²) in [5.41, 5.74) is 1.86. The molecule has 3 rings (SSSR count). The van der Waals surface area contributed by atoms with E-state index in [1.165, 1.54) is 11.8 Å². The molecule has 1 heterocycles. The monoisotopic (exact) mass is 407 g/mol. The van der Waals surface area contributed by atoms with Crippen molar-refractivity contribution in [1.29, 1.82) is 0 Å². The highest BCUT2D eigenvalue weighted by molar-refractivity contribution is 9.10. The van der Waals surface area contributed by atoms with Gasteiger partial charge in [-0.3, -0.25) is 4.79 Å². The zero-order valence-corrected chi connectivity index (χ0v) is 15.6. The molecule has 0 aliphatic rings. The van der Waals surface area contributed by atoms with Crippen LogP contribution in [0.5, 0.6) is 0 Å². The lowest BCUT2D eigenvalue weighted by atomic mass is 10.1. The number of carbonyl (C=O) groups is 1. The number of esters is 1. The second-order valence-corrected chi connectivity index (χ2v) is 8.05. The SMILES string of the molecule is CCOC(=O)C(Sc1nc2cc(Br)ccc2s1)c1ccccc1. The molecule has 1 unspecified atom stereocenters. The first-order valence-corrected chi connectivity index (χ1v) is 9.60. The normalized spacial score (nSPS) is 12.3. The zero-order valence-electron chi connectivity index (χ0n) is 12.4. The molecule has 0 saturated heterocycles. The smallest absolute Gasteiger partial charge is 0.324 e. The summed E-state index contributed by atoms with van der Waals surface area (Å²) < 4.78 is 8.19. The molecule has 23 heavy (non-hydrogen) atoms. The molecule has 0 N–H and O–H groups in total. The summed E-state index contributed by atoms with van der Waals surface area (Å²) in [6, 6.07) is 15.7. The molecule has 1 aromatic heterocycles. The van der Waals surface area contributed by atoms with Crippen LogP contribution in [0.4, 0.5) is 0 Å². The number of rotatable bonds is 5. The van der Waals surface area contributed by atoms with Crippen LogP contribution in [-0.4, -0.2) is 17.6 Å². The molecule has 0 amide bonds. The minimum absolute atomic E-state index is 0.232. The number of ether oxygens (including phenoxy) is 1. The minimum Gasteiger partial charge on any atom is -0.465 e. The van der Waals surface area contributed by atoms with E-state index in [1.54, 1.807) is 11.3 Å². The summed E-state index contributed by atoms with van der Waals surface area (Å²) in [4.78, 5) is 17.0. The molecule has 0 aliphatic carbocycles. The van der Waals surface area contributed by atoms with E-state index in [0.717, 1.165) is 24.6 Å². The maximum atomic E-state index is 12.3. The van der Waals surface area contributed by atoms with Gasteiger partial charge >= 0.3 is 5.97 Å². The Balaban J connectivity index is 1.91. The predicted molar refractivity (Wildman–Crippen MR) is 99.0 cm³/mol. The highest BCUT2D eigenvalue weighted by Crippen LogP contribution is 2.40. The molecule has 0 spiro atoms. The molecule has 0 bridgehead atoms. The Labute approximate surface area is 151 Å². The van der Waals surface area contributed by atoms with Gasteiger partial charge in [-0.1, -0.05) is 58.0 Å². The zero-order chi connectivity index (χ0) is 16.2. The first-order chi connectivity index (χ1) is 11.2. The van der Waals surface area contributed by atoms with E-state index < -0.39 is 5.25 Å². The van der Waals surface area contributed by atoms with Crippen molar-refractivity contribution >= 4 is 55.2 Å². The lowest BCUT2D eigenvalue weighted by molar-refractivity contribution is -0.142. The van der Waals surface area contributed by atoms with Gasteiger partial charge in [0.2, 0.25) is 0 Å². The van der Waals surface area contributed by atoms with Gasteiger partial charge in [0.15, 0.2) is 4.34 Å². The summed E-state index contributed by atoms with van der Waals surface area (Å²) in [5, 5.41) is -0.403. The molecule has 0 radical (unpaired) electrons. The van der Waals surface area contributed by atoms with Crippen molar-refractivity contribution in [3.8, 4) is 0 Å². The second kappa shape index (κ2) is 7.47. The Kier molecular flexibility index (Phi) is 5.35. The van der Waals surface area contributed by atoms with Gasteiger partial charge in [0.1, 0.15) is 5.25 Å². The van der Waals surface area contributed by atoms with Crippen molar-refractivity contribution in [2.24, 2.45) is 0 Å². The Bertz CT molecular complexity index is 820. The molecule has 1 atom stereocenters. The van der Waals surface area contributed by atoms with E-state index in [-0.39, 0.29) is 5.97 Å². The highest BCUT2D eigenvalue weighted by Gasteiger charge is 2.24. The molecule has 0 aliphatic heterocycles. The minimum atomic E-state index is -0.403. The van der Waals surface area contributed by atoms with E-state index in [2.05, 4.69) is 20.9 Å². The fourth-order valence-corrected chi connectivity index (χ4v) is 4.72. The number of fused-ring (bicyclic) bond motifs is 1. The van der Waals surface area contributed by atoms with Crippen molar-refractivity contribution in [2.45, 2.75) is 16.5 Å². The van der Waals surface area contributed by atoms with Crippen LogP contribution in [0.1, 0.15) is 17.7 Å². The van der Waals surface area contributed by atoms with Crippen LogP contribution in [0.2, 0.25) is 0 Å². The summed E-state index contributed by atoms with van der Waals surface area (Å²) in [7, 11) is 0. The van der Waals surface area contributed by atoms with E-state index in [9.17, 15) is 4.79 Å². The van der Waals surface area contributed by atoms with Crippen LogP contribution >= 0.6 is 39.0 Å². The lowest BCUT2D eigenvalue weighted by Gasteiger charge is -2.13. The number of thioether (sulfide) groups is 1. The van der Waals surface area contributed by atoms with Crippen LogP contribution in [0.15, 0.2) is 57.3 Å². The first-order valence-electron chi connectivity index (χ1n) is 7.11. The fourth-order valence-electron chi connectivity index (χ4n) is 2.13. The number of aromatic nitrogens is 1. The summed E-state index contributed by atoms with van der Waals surface area (Å²) in [6.45, 7) is 2.19. The lowest BCUT2D eigenvalue weighted by Crippen LogP contribution is -2.13. The topological polar surface area (TPSA) is 39.2 Å². The van der Waals surface area contributed by atoms with Gasteiger partial charge in [-0.25, -0.2) is 4.98 Å². The number of carbonyl (C=O) groups excluding carboxylic acids is 1. The average Bonchev–Trinajstić information content (AvgIpc) is 2.95. The van der Waals surface area contributed by atoms with Crippen molar-refractivity contribution in [2.75, 3.05) is 6.61 Å². The summed E-state index contributed by atoms with van der Waals surface area (Å²) in [6.07, 6.45) is 0. The van der Waals surface area contributed by atoms with Gasteiger partial charge in [0.25, 0.3) is 0 Å². The van der Waals surface area contributed by atoms with Crippen LogP contribution in [0, 0.1) is 0 Å². The van der Waals surface area contributed by atoms with Gasteiger partial charge in [-0.2, -0.15) is 0 Å². The maximum Gasteiger partial charge on any atom is 0.324 e. The standard InChI is InChI=1S/C17H14BrNO2S2/c1-2-21-16(20)15(11-6-4-3-5-7-11)23-17-19-13-10-12(18)8-9-14(13)22-17/h3-10,15H,2H2,1H3. The van der Waals surface area contributed by atoms with Gasteiger partial charge in [-0.15, -0.1) is 11.3 Å². The number of hydrogen-bond donors (Lipinski definition) is 0. The van der Waals surface area contributed by atoms with Gasteiger partial charge < -0.3 is 4.74 Å². The fraction of sp³-hybridized carbons (Fsp3) is 0.176. The number of nitrogens with zero attached hydrogens (tertiary/aromatic N) is 1. The molecular formula is C17H14BrNO2S2. The molecule has 0 saturated carbocycles. The van der Waals surface area contributed by atoms with E-state index >= 15 is 0 Å². The molecule has 6 heteroatoms. The van der Waals surface area contributed by atoms with Crippen molar-refractivity contribution in [3.63, 3.8) is 0 Å². The Morgan fingerprint density at radius 2 is 2.09 bits per heavy atom. The highest BCUT2D eigenvalue weighted by atomic mass is 79.9. The number of thiazole rings is 1. The predicted octanol–water partition coefficient (Wildman–Crippen LogP) is 5.46. The third-order valence-corrected chi connectivity index (χ3v) is 6.01. The van der Waals surface area contributed by atoms with Crippen LogP contribution in [0.25, 0.3) is 10.2 Å². The van der Waals surface area contributed by atoms with Crippen molar-refractivity contribution in [1.82, 2.24) is 4.98 Å². The molecule has 2 aromatic carbocycles. The number of hydrogen-bond acceptors (Lipinski definition) is 5. The van der Waals surface area contributed by atoms with E-state index in [0.29, 0.717) is 6.61 Å². The second-order valence-electron chi connectivity index (χ2n) is 4.75. The first kappa shape index (κ1) is 16.5. The average molecular weight is 408 g/mol. The van der Waals surface area contributed by atoms with E-state index in [1.807, 2.05) is 55.5 Å². The Hall–Kier alpha value is -1.37. The molecule has 3 aromatic rings. The van der Waals surface area contributed by atoms with Gasteiger partial charge in [0.05, 0.1) is 16.8 Å².